The summed E-state index contributed by atoms with van der Waals surface area (Å²) >= 11 is 3.73. The van der Waals surface area contributed by atoms with Crippen LogP contribution in [-0.4, -0.2) is 4.57 Å². The molecule has 68 heavy (non-hydrogen) atoms. The van der Waals surface area contributed by atoms with Gasteiger partial charge in [-0.3, -0.25) is 0 Å². The molecule has 0 radical (unpaired) electrons. The van der Waals surface area contributed by atoms with Gasteiger partial charge in [-0.1, -0.05) is 164 Å². The third-order valence-electron chi connectivity index (χ3n) is 13.7. The summed E-state index contributed by atoms with van der Waals surface area (Å²) in [6.45, 7) is 0. The van der Waals surface area contributed by atoms with Crippen LogP contribution in [0.3, 0.4) is 0 Å². The van der Waals surface area contributed by atoms with Gasteiger partial charge in [-0.15, -0.1) is 22.7 Å². The Morgan fingerprint density at radius 2 is 0.882 bits per heavy atom. The highest BCUT2D eigenvalue weighted by Gasteiger charge is 2.25. The molecule has 14 aromatic rings. The molecular weight excluding hydrogens is 861 g/mol. The van der Waals surface area contributed by atoms with E-state index < -0.39 is 0 Å². The number of hydrogen-bond acceptors (Lipinski definition) is 3. The number of thiophene rings is 2. The van der Waals surface area contributed by atoms with E-state index in [9.17, 15) is 0 Å². The van der Waals surface area contributed by atoms with Crippen LogP contribution in [0.15, 0.2) is 243 Å². The van der Waals surface area contributed by atoms with Crippen molar-refractivity contribution in [1.82, 2.24) is 4.57 Å². The Labute approximate surface area is 401 Å². The number of rotatable bonds is 7. The van der Waals surface area contributed by atoms with E-state index in [2.05, 4.69) is 252 Å². The number of para-hydroxylation sites is 1. The van der Waals surface area contributed by atoms with E-state index in [-0.39, 0.29) is 0 Å². The van der Waals surface area contributed by atoms with Crippen molar-refractivity contribution in [2.45, 2.75) is 0 Å². The number of hydrogen-bond donors (Lipinski definition) is 0. The Bertz CT molecular complexity index is 4250. The van der Waals surface area contributed by atoms with Crippen molar-refractivity contribution in [3.8, 4) is 39.1 Å². The summed E-state index contributed by atoms with van der Waals surface area (Å²) in [6.07, 6.45) is 0. The molecule has 11 aromatic carbocycles. The molecule has 0 N–H and O–H groups in total. The molecular formula is C64H40N2S2. The van der Waals surface area contributed by atoms with Crippen molar-refractivity contribution in [1.29, 1.82) is 0 Å². The summed E-state index contributed by atoms with van der Waals surface area (Å²) in [4.78, 5) is 2.51. The Hall–Kier alpha value is -8.28. The predicted molar refractivity (Wildman–Crippen MR) is 295 cm³/mol. The molecule has 4 heteroatoms. The van der Waals surface area contributed by atoms with Crippen molar-refractivity contribution in [2.24, 2.45) is 0 Å². The highest BCUT2D eigenvalue weighted by molar-refractivity contribution is 7.26. The minimum Gasteiger partial charge on any atom is -0.308 e. The maximum Gasteiger partial charge on any atom is 0.0782 e. The second kappa shape index (κ2) is 15.7. The average Bonchev–Trinajstić information content (AvgIpc) is 4.08. The molecule has 318 valence electrons. The van der Waals surface area contributed by atoms with Gasteiger partial charge in [0.05, 0.1) is 16.7 Å². The van der Waals surface area contributed by atoms with Crippen LogP contribution in [0.1, 0.15) is 0 Å². The molecule has 0 amide bonds. The predicted octanol–water partition coefficient (Wildman–Crippen LogP) is 19.1. The fourth-order valence-corrected chi connectivity index (χ4v) is 12.8. The Morgan fingerprint density at radius 3 is 1.68 bits per heavy atom. The molecule has 0 spiro atoms. The van der Waals surface area contributed by atoms with E-state index in [0.29, 0.717) is 0 Å². The molecule has 0 saturated heterocycles. The monoisotopic (exact) mass is 900 g/mol. The van der Waals surface area contributed by atoms with E-state index >= 15 is 0 Å². The smallest absolute Gasteiger partial charge is 0.0782 e. The summed E-state index contributed by atoms with van der Waals surface area (Å²) in [5, 5.41) is 10.0. The molecule has 0 atom stereocenters. The molecule has 0 unspecified atom stereocenters. The Kier molecular flexibility index (Phi) is 8.98. The first-order chi connectivity index (χ1) is 33.7. The molecule has 3 aromatic heterocycles. The zero-order valence-electron chi connectivity index (χ0n) is 36.8. The van der Waals surface area contributed by atoms with Crippen LogP contribution in [0.5, 0.6) is 0 Å². The number of fused-ring (bicyclic) bond motifs is 10. The van der Waals surface area contributed by atoms with E-state index in [1.54, 1.807) is 0 Å². The lowest BCUT2D eigenvalue weighted by atomic mass is 9.95. The first-order valence-corrected chi connectivity index (χ1v) is 24.8. The molecule has 0 fully saturated rings. The number of benzene rings is 11. The summed E-state index contributed by atoms with van der Waals surface area (Å²) in [6, 6.07) is 89.8. The molecule has 0 saturated carbocycles. The third kappa shape index (κ3) is 6.30. The fraction of sp³-hybridized carbons (Fsp3) is 0. The topological polar surface area (TPSA) is 8.17 Å². The second-order valence-electron chi connectivity index (χ2n) is 17.7. The normalized spacial score (nSPS) is 11.8. The summed E-state index contributed by atoms with van der Waals surface area (Å²) in [5.74, 6) is 0. The fourth-order valence-electron chi connectivity index (χ4n) is 10.6. The molecule has 0 aliphatic heterocycles. The van der Waals surface area contributed by atoms with Gasteiger partial charge in [0.15, 0.2) is 0 Å². The van der Waals surface area contributed by atoms with Crippen molar-refractivity contribution >= 4 is 113 Å². The van der Waals surface area contributed by atoms with Crippen molar-refractivity contribution in [3.63, 3.8) is 0 Å². The highest BCUT2D eigenvalue weighted by atomic mass is 32.1. The van der Waals surface area contributed by atoms with Gasteiger partial charge in [0.1, 0.15) is 0 Å². The van der Waals surface area contributed by atoms with Gasteiger partial charge < -0.3 is 9.47 Å². The van der Waals surface area contributed by atoms with E-state index in [1.165, 1.54) is 101 Å². The number of nitrogens with zero attached hydrogens (tertiary/aromatic N) is 2. The molecule has 2 nitrogen and oxygen atoms in total. The standard InChI is InChI=1S/C64H40N2S2/c1-3-14-41(15-4-1)47-37-55(44-17-5-2-6-18-44)63-57(38-47)54-22-13-23-58(64(54)66(63)48-30-28-43(29-31-48)46-27-26-42-16-7-8-19-45(42)36-46)65(49-33-35-61-56(39-49)52-21-10-12-25-60(52)67-61)50-32-34-53-51-20-9-11-24-59(51)68-62(53)40-50/h1-40H. The first kappa shape index (κ1) is 38.9. The van der Waals surface area contributed by atoms with Gasteiger partial charge in [-0.25, -0.2) is 0 Å². The van der Waals surface area contributed by atoms with Gasteiger partial charge in [0.2, 0.25) is 0 Å². The molecule has 3 heterocycles. The highest BCUT2D eigenvalue weighted by Crippen LogP contribution is 2.49. The van der Waals surface area contributed by atoms with Gasteiger partial charge in [-0.2, -0.15) is 0 Å². The van der Waals surface area contributed by atoms with Gasteiger partial charge in [0, 0.05) is 73.7 Å². The lowest BCUT2D eigenvalue weighted by molar-refractivity contribution is 1.17. The van der Waals surface area contributed by atoms with Gasteiger partial charge in [-0.05, 0) is 117 Å². The van der Waals surface area contributed by atoms with E-state index in [4.69, 9.17) is 0 Å². The molecule has 0 aliphatic carbocycles. The summed E-state index contributed by atoms with van der Waals surface area (Å²) in [7, 11) is 0. The van der Waals surface area contributed by atoms with Crippen LogP contribution in [0, 0.1) is 0 Å². The van der Waals surface area contributed by atoms with Gasteiger partial charge in [0.25, 0.3) is 0 Å². The van der Waals surface area contributed by atoms with Crippen LogP contribution in [-0.2, 0) is 0 Å². The quantitative estimate of drug-likeness (QED) is 0.155. The maximum atomic E-state index is 2.55. The zero-order chi connectivity index (χ0) is 44.7. The van der Waals surface area contributed by atoms with Crippen LogP contribution >= 0.6 is 22.7 Å². The van der Waals surface area contributed by atoms with Crippen LogP contribution in [0.4, 0.5) is 17.1 Å². The Morgan fingerprint density at radius 1 is 0.294 bits per heavy atom. The van der Waals surface area contributed by atoms with Crippen LogP contribution in [0.25, 0.3) is 112 Å². The molecule has 14 rings (SSSR count). The lowest BCUT2D eigenvalue weighted by Crippen LogP contribution is -2.11. The SMILES string of the molecule is c1ccc(-c2cc(-c3ccccc3)c3c(c2)c2cccc(N(c4ccc5c(c4)sc4ccccc45)c4ccc5sc6ccccc6c5c4)c2n3-c2ccc(-c3ccc4ccccc4c3)cc2)cc1. The van der Waals surface area contributed by atoms with Crippen LogP contribution < -0.4 is 4.90 Å². The first-order valence-electron chi connectivity index (χ1n) is 23.1. The lowest BCUT2D eigenvalue weighted by Gasteiger charge is -2.27. The zero-order valence-corrected chi connectivity index (χ0v) is 38.4. The minimum atomic E-state index is 1.10. The van der Waals surface area contributed by atoms with Crippen molar-refractivity contribution < 1.29 is 0 Å². The summed E-state index contributed by atoms with van der Waals surface area (Å²) < 4.78 is 7.70. The molecule has 0 aliphatic rings. The van der Waals surface area contributed by atoms with Crippen molar-refractivity contribution in [3.05, 3.63) is 243 Å². The van der Waals surface area contributed by atoms with Gasteiger partial charge >= 0.3 is 0 Å². The summed E-state index contributed by atoms with van der Waals surface area (Å²) in [5.41, 5.74) is 13.9. The average molecular weight is 901 g/mol. The second-order valence-corrected chi connectivity index (χ2v) is 19.8. The van der Waals surface area contributed by atoms with Crippen molar-refractivity contribution in [2.75, 3.05) is 4.90 Å². The maximum absolute atomic E-state index is 2.55. The largest absolute Gasteiger partial charge is 0.308 e. The van der Waals surface area contributed by atoms with Crippen LogP contribution in [0.2, 0.25) is 0 Å². The molecule has 0 bridgehead atoms. The Balaban J connectivity index is 1.08. The van der Waals surface area contributed by atoms with E-state index in [0.717, 1.165) is 28.3 Å². The number of anilines is 3. The third-order valence-corrected chi connectivity index (χ3v) is 16.0. The minimum absolute atomic E-state index is 1.10. The number of aromatic nitrogens is 1. The van der Waals surface area contributed by atoms with E-state index in [1.807, 2.05) is 22.7 Å².